The van der Waals surface area contributed by atoms with Gasteiger partial charge in [-0.1, -0.05) is 36.4 Å². The van der Waals surface area contributed by atoms with E-state index in [0.29, 0.717) is 0 Å². The lowest BCUT2D eigenvalue weighted by atomic mass is 10.0. The fourth-order valence-electron chi connectivity index (χ4n) is 3.30. The van der Waals surface area contributed by atoms with Crippen LogP contribution in [0.3, 0.4) is 0 Å². The van der Waals surface area contributed by atoms with Crippen molar-refractivity contribution in [3.8, 4) is 11.3 Å². The summed E-state index contributed by atoms with van der Waals surface area (Å²) < 4.78 is 0. The highest BCUT2D eigenvalue weighted by Crippen LogP contribution is 2.26. The fourth-order valence-corrected chi connectivity index (χ4v) is 3.30. The van der Waals surface area contributed by atoms with Gasteiger partial charge in [-0.15, -0.1) is 10.2 Å². The summed E-state index contributed by atoms with van der Waals surface area (Å²) in [7, 11) is 2.17. The van der Waals surface area contributed by atoms with Gasteiger partial charge in [0.1, 0.15) is 0 Å². The van der Waals surface area contributed by atoms with Crippen LogP contribution >= 0.6 is 0 Å². The largest absolute Gasteiger partial charge is 0.352 e. The van der Waals surface area contributed by atoms with Gasteiger partial charge in [0.2, 0.25) is 0 Å². The Morgan fingerprint density at radius 3 is 2.33 bits per heavy atom. The number of nitrogens with zero attached hydrogens (tertiary/aromatic N) is 4. The minimum atomic E-state index is 0.941. The van der Waals surface area contributed by atoms with E-state index in [1.807, 2.05) is 0 Å². The van der Waals surface area contributed by atoms with Gasteiger partial charge in [0.15, 0.2) is 5.82 Å². The van der Waals surface area contributed by atoms with Crippen molar-refractivity contribution in [2.24, 2.45) is 0 Å². The van der Waals surface area contributed by atoms with Crippen LogP contribution in [-0.4, -0.2) is 48.3 Å². The van der Waals surface area contributed by atoms with Crippen LogP contribution in [0.25, 0.3) is 22.0 Å². The van der Waals surface area contributed by atoms with Crippen molar-refractivity contribution in [2.75, 3.05) is 38.1 Å². The molecule has 0 bridgehead atoms. The van der Waals surface area contributed by atoms with Gasteiger partial charge in [0.05, 0.1) is 5.69 Å². The average molecular weight is 318 g/mol. The molecule has 0 unspecified atom stereocenters. The predicted molar refractivity (Wildman–Crippen MR) is 99.4 cm³/mol. The first-order valence-electron chi connectivity index (χ1n) is 8.48. The van der Waals surface area contributed by atoms with Crippen LogP contribution in [0.1, 0.15) is 5.56 Å². The number of hydrogen-bond donors (Lipinski definition) is 0. The van der Waals surface area contributed by atoms with Crippen LogP contribution in [0.2, 0.25) is 0 Å². The molecule has 4 nitrogen and oxygen atoms in total. The SMILES string of the molecule is Cc1cc(-c2ccc3ccccc3c2)nnc1N1CCN(C)CC1. The Hall–Kier alpha value is -2.46. The van der Waals surface area contributed by atoms with E-state index in [1.165, 1.54) is 16.3 Å². The fraction of sp³-hybridized carbons (Fsp3) is 0.300. The smallest absolute Gasteiger partial charge is 0.154 e. The maximum Gasteiger partial charge on any atom is 0.154 e. The molecule has 2 heterocycles. The van der Waals surface area contributed by atoms with Gasteiger partial charge >= 0.3 is 0 Å². The van der Waals surface area contributed by atoms with Crippen LogP contribution in [0, 0.1) is 6.92 Å². The second kappa shape index (κ2) is 6.21. The molecule has 1 aliphatic rings. The van der Waals surface area contributed by atoms with E-state index in [4.69, 9.17) is 0 Å². The zero-order valence-corrected chi connectivity index (χ0v) is 14.2. The summed E-state index contributed by atoms with van der Waals surface area (Å²) in [5, 5.41) is 11.5. The number of rotatable bonds is 2. The molecule has 0 saturated carbocycles. The third-order valence-electron chi connectivity index (χ3n) is 4.81. The summed E-state index contributed by atoms with van der Waals surface area (Å²) in [6.07, 6.45) is 0. The maximum absolute atomic E-state index is 4.54. The first kappa shape index (κ1) is 15.1. The number of benzene rings is 2. The molecule has 0 radical (unpaired) electrons. The summed E-state index contributed by atoms with van der Waals surface area (Å²) in [6.45, 7) is 6.32. The molecular weight excluding hydrogens is 296 g/mol. The van der Waals surface area contributed by atoms with Gasteiger partial charge in [0.25, 0.3) is 0 Å². The zero-order chi connectivity index (χ0) is 16.5. The number of aromatic nitrogens is 2. The summed E-state index contributed by atoms with van der Waals surface area (Å²) in [4.78, 5) is 4.69. The second-order valence-corrected chi connectivity index (χ2v) is 6.59. The lowest BCUT2D eigenvalue weighted by Gasteiger charge is -2.33. The number of anilines is 1. The van der Waals surface area contributed by atoms with E-state index in [2.05, 4.69) is 82.5 Å². The minimum Gasteiger partial charge on any atom is -0.352 e. The van der Waals surface area contributed by atoms with Gasteiger partial charge in [-0.3, -0.25) is 0 Å². The third kappa shape index (κ3) is 2.85. The van der Waals surface area contributed by atoms with E-state index in [1.54, 1.807) is 0 Å². The first-order valence-corrected chi connectivity index (χ1v) is 8.48. The molecule has 1 aromatic heterocycles. The van der Waals surface area contributed by atoms with Gasteiger partial charge in [0, 0.05) is 31.7 Å². The normalized spacial score (nSPS) is 15.8. The van der Waals surface area contributed by atoms with Crippen molar-refractivity contribution in [3.05, 3.63) is 54.1 Å². The molecule has 0 atom stereocenters. The van der Waals surface area contributed by atoms with E-state index >= 15 is 0 Å². The molecule has 4 heteroatoms. The molecule has 2 aromatic carbocycles. The van der Waals surface area contributed by atoms with Crippen LogP contribution in [-0.2, 0) is 0 Å². The molecule has 24 heavy (non-hydrogen) atoms. The molecule has 0 spiro atoms. The number of likely N-dealkylation sites (N-methyl/N-ethyl adjacent to an activating group) is 1. The van der Waals surface area contributed by atoms with Crippen molar-refractivity contribution in [1.82, 2.24) is 15.1 Å². The Kier molecular flexibility index (Phi) is 3.90. The van der Waals surface area contributed by atoms with E-state index in [9.17, 15) is 0 Å². The van der Waals surface area contributed by atoms with Crippen LogP contribution < -0.4 is 4.90 Å². The van der Waals surface area contributed by atoms with Gasteiger partial charge < -0.3 is 9.80 Å². The lowest BCUT2D eigenvalue weighted by molar-refractivity contribution is 0.311. The number of hydrogen-bond acceptors (Lipinski definition) is 4. The maximum atomic E-state index is 4.54. The van der Waals surface area contributed by atoms with Gasteiger partial charge in [-0.25, -0.2) is 0 Å². The standard InChI is InChI=1S/C20H22N4/c1-15-13-19(18-8-7-16-5-3-4-6-17(16)14-18)21-22-20(15)24-11-9-23(2)10-12-24/h3-8,13-14H,9-12H2,1-2H3. The molecule has 122 valence electrons. The monoisotopic (exact) mass is 318 g/mol. The van der Waals surface area contributed by atoms with Gasteiger partial charge in [-0.05, 0) is 42.4 Å². The lowest BCUT2D eigenvalue weighted by Crippen LogP contribution is -2.45. The number of aryl methyl sites for hydroxylation is 1. The minimum absolute atomic E-state index is 0.941. The highest BCUT2D eigenvalue weighted by molar-refractivity contribution is 5.86. The molecule has 4 rings (SSSR count). The van der Waals surface area contributed by atoms with Crippen molar-refractivity contribution in [3.63, 3.8) is 0 Å². The first-order chi connectivity index (χ1) is 11.7. The van der Waals surface area contributed by atoms with Crippen LogP contribution in [0.5, 0.6) is 0 Å². The average Bonchev–Trinajstić information content (AvgIpc) is 2.62. The Morgan fingerprint density at radius 1 is 0.833 bits per heavy atom. The summed E-state index contributed by atoms with van der Waals surface area (Å²) in [5.41, 5.74) is 3.25. The van der Waals surface area contributed by atoms with Crippen molar-refractivity contribution >= 4 is 16.6 Å². The molecule has 1 fully saturated rings. The number of fused-ring (bicyclic) bond motifs is 1. The third-order valence-corrected chi connectivity index (χ3v) is 4.81. The van der Waals surface area contributed by atoms with Crippen molar-refractivity contribution in [1.29, 1.82) is 0 Å². The molecule has 0 amide bonds. The Morgan fingerprint density at radius 2 is 1.58 bits per heavy atom. The topological polar surface area (TPSA) is 32.3 Å². The number of piperazine rings is 1. The Balaban J connectivity index is 1.65. The quantitative estimate of drug-likeness (QED) is 0.725. The van der Waals surface area contributed by atoms with E-state index in [-0.39, 0.29) is 0 Å². The molecule has 3 aromatic rings. The molecular formula is C20H22N4. The van der Waals surface area contributed by atoms with E-state index < -0.39 is 0 Å². The zero-order valence-electron chi connectivity index (χ0n) is 14.2. The summed E-state index contributed by atoms with van der Waals surface area (Å²) in [5.74, 6) is 1.02. The highest BCUT2D eigenvalue weighted by Gasteiger charge is 2.18. The summed E-state index contributed by atoms with van der Waals surface area (Å²) >= 11 is 0. The van der Waals surface area contributed by atoms with Crippen molar-refractivity contribution < 1.29 is 0 Å². The van der Waals surface area contributed by atoms with Crippen LogP contribution in [0.4, 0.5) is 5.82 Å². The Labute approximate surface area is 142 Å². The molecule has 0 N–H and O–H groups in total. The molecule has 0 aliphatic carbocycles. The highest BCUT2D eigenvalue weighted by atomic mass is 15.3. The summed E-state index contributed by atoms with van der Waals surface area (Å²) in [6, 6.07) is 17.0. The molecule has 1 saturated heterocycles. The Bertz CT molecular complexity index is 866. The predicted octanol–water partition coefficient (Wildman–Crippen LogP) is 3.36. The van der Waals surface area contributed by atoms with Gasteiger partial charge in [-0.2, -0.15) is 0 Å². The van der Waals surface area contributed by atoms with Crippen molar-refractivity contribution in [2.45, 2.75) is 6.92 Å². The van der Waals surface area contributed by atoms with E-state index in [0.717, 1.165) is 43.3 Å². The van der Waals surface area contributed by atoms with Crippen LogP contribution in [0.15, 0.2) is 48.5 Å². The second-order valence-electron chi connectivity index (χ2n) is 6.59. The molecule has 1 aliphatic heterocycles.